The number of nitro groups is 1. The Morgan fingerprint density at radius 3 is 2.64 bits per heavy atom. The summed E-state index contributed by atoms with van der Waals surface area (Å²) in [4.78, 5) is 33.6. The van der Waals surface area contributed by atoms with Crippen molar-refractivity contribution in [2.75, 3.05) is 13.7 Å². The van der Waals surface area contributed by atoms with Crippen LogP contribution in [0.2, 0.25) is 0 Å². The molecule has 0 unspecified atom stereocenters. The van der Waals surface area contributed by atoms with Crippen LogP contribution in [0.5, 0.6) is 5.75 Å². The third-order valence-electron chi connectivity index (χ3n) is 4.33. The summed E-state index contributed by atoms with van der Waals surface area (Å²) < 4.78 is 6.66. The van der Waals surface area contributed by atoms with Gasteiger partial charge in [-0.3, -0.25) is 19.6 Å². The summed E-state index contributed by atoms with van der Waals surface area (Å²) in [6.07, 6.45) is 0.606. The van der Waals surface area contributed by atoms with Gasteiger partial charge in [-0.15, -0.1) is 0 Å². The van der Waals surface area contributed by atoms with E-state index < -0.39 is 10.9 Å². The average Bonchev–Trinajstić information content (AvgIpc) is 2.93. The summed E-state index contributed by atoms with van der Waals surface area (Å²) in [6, 6.07) is 4.58. The topological polar surface area (TPSA) is 137 Å². The van der Waals surface area contributed by atoms with Crippen LogP contribution in [0.15, 0.2) is 18.2 Å². The van der Waals surface area contributed by atoms with Crippen molar-refractivity contribution in [3.8, 4) is 5.75 Å². The number of carboxylic acid groups (broad SMARTS) is 1. The number of benzene rings is 1. The minimum Gasteiger partial charge on any atom is -0.496 e. The molecule has 28 heavy (non-hydrogen) atoms. The van der Waals surface area contributed by atoms with E-state index in [0.29, 0.717) is 30.1 Å². The predicted octanol–water partition coefficient (Wildman–Crippen LogP) is 1.86. The van der Waals surface area contributed by atoms with Crippen LogP contribution >= 0.6 is 0 Å². The molecule has 1 amide bonds. The number of carboxylic acids is 1. The summed E-state index contributed by atoms with van der Waals surface area (Å²) in [7, 11) is 1.45. The van der Waals surface area contributed by atoms with E-state index in [2.05, 4.69) is 10.4 Å². The number of rotatable bonds is 9. The highest BCUT2D eigenvalue weighted by Crippen LogP contribution is 2.22. The summed E-state index contributed by atoms with van der Waals surface area (Å²) >= 11 is 0. The fourth-order valence-electron chi connectivity index (χ4n) is 2.89. The van der Waals surface area contributed by atoms with Crippen molar-refractivity contribution in [2.45, 2.75) is 33.2 Å². The quantitative estimate of drug-likeness (QED) is 0.492. The van der Waals surface area contributed by atoms with Crippen molar-refractivity contribution in [1.29, 1.82) is 0 Å². The van der Waals surface area contributed by atoms with Crippen LogP contribution in [0, 0.1) is 24.0 Å². The Balaban J connectivity index is 1.88. The minimum absolute atomic E-state index is 0.0303. The molecule has 2 N–H and O–H groups in total. The largest absolute Gasteiger partial charge is 0.496 e. The molecule has 1 aromatic heterocycles. The van der Waals surface area contributed by atoms with Gasteiger partial charge in [0.05, 0.1) is 24.1 Å². The number of nitrogens with one attached hydrogen (secondary N) is 1. The number of hydrogen-bond donors (Lipinski definition) is 2. The molecule has 1 aromatic carbocycles. The van der Waals surface area contributed by atoms with Gasteiger partial charge in [-0.25, -0.2) is 4.79 Å². The molecule has 0 saturated heterocycles. The molecule has 0 fully saturated rings. The molecule has 0 aliphatic rings. The lowest BCUT2D eigenvalue weighted by Crippen LogP contribution is -2.27. The van der Waals surface area contributed by atoms with Crippen LogP contribution in [0.4, 0.5) is 5.69 Å². The third-order valence-corrected chi connectivity index (χ3v) is 4.33. The Bertz CT molecular complexity index is 906. The number of aromatic carboxylic acids is 1. The molecule has 0 saturated carbocycles. The number of amides is 1. The number of ether oxygens (including phenoxy) is 1. The highest BCUT2D eigenvalue weighted by atomic mass is 16.6. The molecule has 2 rings (SSSR count). The zero-order valence-electron chi connectivity index (χ0n) is 15.9. The van der Waals surface area contributed by atoms with Crippen molar-refractivity contribution in [2.24, 2.45) is 0 Å². The average molecular weight is 390 g/mol. The van der Waals surface area contributed by atoms with E-state index in [1.807, 2.05) is 0 Å². The maximum absolute atomic E-state index is 12.0. The molecule has 0 bridgehead atoms. The number of aryl methyl sites for hydroxylation is 2. The lowest BCUT2D eigenvalue weighted by atomic mass is 10.1. The van der Waals surface area contributed by atoms with Crippen molar-refractivity contribution in [1.82, 2.24) is 15.1 Å². The summed E-state index contributed by atoms with van der Waals surface area (Å²) in [5.74, 6) is -0.803. The van der Waals surface area contributed by atoms with E-state index in [0.717, 1.165) is 5.56 Å². The molecule has 0 spiro atoms. The molecule has 0 radical (unpaired) electrons. The highest BCUT2D eigenvalue weighted by Gasteiger charge is 2.21. The molecule has 150 valence electrons. The Morgan fingerprint density at radius 2 is 2.07 bits per heavy atom. The SMILES string of the molecule is COc1cc(C(=O)O)ccc1CCNC(=O)CCn1nc(C)c([N+](=O)[O-])c1C. The van der Waals surface area contributed by atoms with Gasteiger partial charge in [0, 0.05) is 13.0 Å². The zero-order valence-corrected chi connectivity index (χ0v) is 15.9. The number of hydrogen-bond acceptors (Lipinski definition) is 6. The summed E-state index contributed by atoms with van der Waals surface area (Å²) in [5, 5.41) is 26.9. The number of carbonyl (C=O) groups is 2. The molecule has 1 heterocycles. The molecule has 10 heteroatoms. The molecular formula is C18H22N4O6. The van der Waals surface area contributed by atoms with Crippen molar-refractivity contribution in [3.63, 3.8) is 0 Å². The van der Waals surface area contributed by atoms with E-state index >= 15 is 0 Å². The summed E-state index contributed by atoms with van der Waals surface area (Å²) in [5.41, 5.74) is 1.61. The number of methoxy groups -OCH3 is 1. The minimum atomic E-state index is -1.04. The standard InChI is InChI=1S/C18H22N4O6/c1-11-17(22(26)27)12(2)21(20-11)9-7-16(23)19-8-6-13-4-5-14(18(24)25)10-15(13)28-3/h4-5,10H,6-9H2,1-3H3,(H,19,23)(H,24,25). The lowest BCUT2D eigenvalue weighted by molar-refractivity contribution is -0.386. The first-order valence-corrected chi connectivity index (χ1v) is 8.60. The van der Waals surface area contributed by atoms with Crippen LogP contribution in [0.1, 0.15) is 33.7 Å². The Morgan fingerprint density at radius 1 is 1.36 bits per heavy atom. The lowest BCUT2D eigenvalue weighted by Gasteiger charge is -2.10. The van der Waals surface area contributed by atoms with Crippen LogP contribution in [-0.2, 0) is 17.8 Å². The van der Waals surface area contributed by atoms with E-state index in [1.54, 1.807) is 19.9 Å². The molecule has 0 aliphatic carbocycles. The van der Waals surface area contributed by atoms with E-state index in [9.17, 15) is 19.7 Å². The van der Waals surface area contributed by atoms with Crippen LogP contribution in [0.3, 0.4) is 0 Å². The smallest absolute Gasteiger partial charge is 0.335 e. The molecule has 2 aromatic rings. The van der Waals surface area contributed by atoms with E-state index in [4.69, 9.17) is 9.84 Å². The first kappa shape index (κ1) is 20.9. The first-order valence-electron chi connectivity index (χ1n) is 8.60. The van der Waals surface area contributed by atoms with Gasteiger partial charge >= 0.3 is 11.7 Å². The Hall–Kier alpha value is -3.43. The second-order valence-corrected chi connectivity index (χ2v) is 6.18. The van der Waals surface area contributed by atoms with Gasteiger partial charge in [-0.2, -0.15) is 5.10 Å². The van der Waals surface area contributed by atoms with Crippen LogP contribution in [-0.4, -0.2) is 45.3 Å². The van der Waals surface area contributed by atoms with E-state index in [1.165, 1.54) is 23.9 Å². The van der Waals surface area contributed by atoms with Gasteiger partial charge in [-0.1, -0.05) is 6.07 Å². The maximum Gasteiger partial charge on any atom is 0.335 e. The van der Waals surface area contributed by atoms with Crippen LogP contribution < -0.4 is 10.1 Å². The maximum atomic E-state index is 12.0. The number of carbonyl (C=O) groups excluding carboxylic acids is 1. The molecule has 0 aliphatic heterocycles. The highest BCUT2D eigenvalue weighted by molar-refractivity contribution is 5.88. The van der Waals surface area contributed by atoms with Gasteiger partial charge in [0.2, 0.25) is 5.91 Å². The summed E-state index contributed by atoms with van der Waals surface area (Å²) in [6.45, 7) is 3.75. The van der Waals surface area contributed by atoms with Gasteiger partial charge < -0.3 is 15.2 Å². The number of nitrogens with zero attached hydrogens (tertiary/aromatic N) is 3. The molecular weight excluding hydrogens is 368 g/mol. The van der Waals surface area contributed by atoms with Crippen molar-refractivity contribution < 1.29 is 24.4 Å². The normalized spacial score (nSPS) is 10.5. The third kappa shape index (κ3) is 4.84. The fraction of sp³-hybridized carbons (Fsp3) is 0.389. The monoisotopic (exact) mass is 390 g/mol. The number of aromatic nitrogens is 2. The Kier molecular flexibility index (Phi) is 6.69. The first-order chi connectivity index (χ1) is 13.2. The Labute approximate surface area is 161 Å². The van der Waals surface area contributed by atoms with Crippen LogP contribution in [0.25, 0.3) is 0 Å². The zero-order chi connectivity index (χ0) is 20.8. The second kappa shape index (κ2) is 8.98. The van der Waals surface area contributed by atoms with Gasteiger partial charge in [0.15, 0.2) is 0 Å². The second-order valence-electron chi connectivity index (χ2n) is 6.18. The van der Waals surface area contributed by atoms with E-state index in [-0.39, 0.29) is 30.1 Å². The van der Waals surface area contributed by atoms with Crippen molar-refractivity contribution >= 4 is 17.6 Å². The van der Waals surface area contributed by atoms with Gasteiger partial charge in [0.1, 0.15) is 17.1 Å². The van der Waals surface area contributed by atoms with Gasteiger partial charge in [0.25, 0.3) is 0 Å². The molecule has 10 nitrogen and oxygen atoms in total. The fourth-order valence-corrected chi connectivity index (χ4v) is 2.89. The van der Waals surface area contributed by atoms with Gasteiger partial charge in [-0.05, 0) is 38.0 Å². The van der Waals surface area contributed by atoms with Crippen molar-refractivity contribution in [3.05, 3.63) is 50.8 Å². The predicted molar refractivity (Wildman–Crippen MR) is 99.6 cm³/mol. The molecule has 0 atom stereocenters.